The van der Waals surface area contributed by atoms with Crippen LogP contribution in [0.3, 0.4) is 0 Å². The first-order chi connectivity index (χ1) is 14.2. The van der Waals surface area contributed by atoms with Crippen molar-refractivity contribution in [2.75, 3.05) is 5.32 Å². The van der Waals surface area contributed by atoms with Crippen LogP contribution >= 0.6 is 0 Å². The normalized spacial score (nSPS) is 11.0. The van der Waals surface area contributed by atoms with E-state index in [4.69, 9.17) is 0 Å². The topological polar surface area (TPSA) is 81.3 Å². The Morgan fingerprint density at radius 1 is 0.828 bits per heavy atom. The summed E-state index contributed by atoms with van der Waals surface area (Å²) in [6, 6.07) is 25.5. The molecule has 0 radical (unpaired) electrons. The van der Waals surface area contributed by atoms with E-state index in [0.717, 1.165) is 0 Å². The number of fused-ring (bicyclic) bond motifs is 3. The minimum absolute atomic E-state index is 0.136. The van der Waals surface area contributed by atoms with Crippen LogP contribution in [0.2, 0.25) is 0 Å². The molecule has 5 rings (SSSR count). The van der Waals surface area contributed by atoms with Gasteiger partial charge in [0, 0.05) is 5.69 Å². The van der Waals surface area contributed by atoms with E-state index in [0.29, 0.717) is 22.3 Å². The zero-order valence-electron chi connectivity index (χ0n) is 15.2. The Hall–Kier alpha value is -4.26. The lowest BCUT2D eigenvalue weighted by Crippen LogP contribution is -2.17. The highest BCUT2D eigenvalue weighted by molar-refractivity contribution is 6.03. The molecule has 0 aliphatic carbocycles. The lowest BCUT2D eigenvalue weighted by atomic mass is 10.2. The molecule has 1 amide bonds. The third-order valence-electron chi connectivity index (χ3n) is 4.61. The lowest BCUT2D eigenvalue weighted by Gasteiger charge is -2.05. The van der Waals surface area contributed by atoms with E-state index in [1.165, 1.54) is 4.68 Å². The van der Waals surface area contributed by atoms with Gasteiger partial charge in [0.05, 0.1) is 16.6 Å². The Labute approximate surface area is 164 Å². The largest absolute Gasteiger partial charge is 0.319 e. The Morgan fingerprint density at radius 2 is 1.48 bits per heavy atom. The van der Waals surface area contributed by atoms with Crippen molar-refractivity contribution in [3.63, 3.8) is 0 Å². The molecule has 0 aliphatic heterocycles. The molecule has 0 bridgehead atoms. The number of hydrogen-bond acceptors (Lipinski definition) is 4. The minimum Gasteiger partial charge on any atom is -0.319 e. The average molecular weight is 381 g/mol. The van der Waals surface area contributed by atoms with Gasteiger partial charge in [-0.1, -0.05) is 48.5 Å². The van der Waals surface area contributed by atoms with Gasteiger partial charge in [-0.3, -0.25) is 14.0 Å². The van der Waals surface area contributed by atoms with Crippen molar-refractivity contribution in [1.29, 1.82) is 0 Å². The Morgan fingerprint density at radius 3 is 2.24 bits per heavy atom. The average Bonchev–Trinajstić information content (AvgIpc) is 3.15. The van der Waals surface area contributed by atoms with Crippen LogP contribution < -0.4 is 10.9 Å². The van der Waals surface area contributed by atoms with Gasteiger partial charge in [-0.05, 0) is 36.4 Å². The van der Waals surface area contributed by atoms with E-state index in [9.17, 15) is 9.59 Å². The number of benzene rings is 3. The van der Waals surface area contributed by atoms with Crippen molar-refractivity contribution in [3.05, 3.63) is 101 Å². The van der Waals surface area contributed by atoms with E-state index in [-0.39, 0.29) is 17.2 Å². The van der Waals surface area contributed by atoms with Gasteiger partial charge in [0.25, 0.3) is 11.5 Å². The third-order valence-corrected chi connectivity index (χ3v) is 4.61. The highest BCUT2D eigenvalue weighted by Gasteiger charge is 2.21. The second-order valence-corrected chi connectivity index (χ2v) is 6.46. The fourth-order valence-electron chi connectivity index (χ4n) is 3.29. The molecule has 7 heteroatoms. The van der Waals surface area contributed by atoms with E-state index >= 15 is 0 Å². The second kappa shape index (κ2) is 6.72. The fourth-order valence-corrected chi connectivity index (χ4v) is 3.29. The number of amides is 1. The van der Waals surface area contributed by atoms with E-state index in [2.05, 4.69) is 15.4 Å². The van der Waals surface area contributed by atoms with Crippen molar-refractivity contribution >= 4 is 28.3 Å². The summed E-state index contributed by atoms with van der Waals surface area (Å²) in [5.41, 5.74) is 1.56. The molecule has 0 aliphatic rings. The predicted octanol–water partition coefficient (Wildman–Crippen LogP) is 3.29. The number of para-hydroxylation sites is 3. The molecule has 0 spiro atoms. The SMILES string of the molecule is O=C(Nc1ccccc1)c1nn(-c2ccccc2)c2nc(=O)c3ccccc3n12. The number of nitrogens with zero attached hydrogens (tertiary/aromatic N) is 4. The van der Waals surface area contributed by atoms with Crippen molar-refractivity contribution in [3.8, 4) is 5.69 Å². The zero-order chi connectivity index (χ0) is 19.8. The highest BCUT2D eigenvalue weighted by atomic mass is 16.2. The van der Waals surface area contributed by atoms with Crippen molar-refractivity contribution < 1.29 is 4.79 Å². The van der Waals surface area contributed by atoms with Gasteiger partial charge in [0.15, 0.2) is 0 Å². The van der Waals surface area contributed by atoms with Crippen LogP contribution in [0.5, 0.6) is 0 Å². The maximum absolute atomic E-state index is 13.1. The van der Waals surface area contributed by atoms with Crippen LogP contribution in [0, 0.1) is 0 Å². The van der Waals surface area contributed by atoms with Crippen LogP contribution in [0.1, 0.15) is 10.6 Å². The second-order valence-electron chi connectivity index (χ2n) is 6.46. The Kier molecular flexibility index (Phi) is 3.91. The number of aromatic nitrogens is 4. The predicted molar refractivity (Wildman–Crippen MR) is 110 cm³/mol. The van der Waals surface area contributed by atoms with Gasteiger partial charge in [-0.2, -0.15) is 9.67 Å². The van der Waals surface area contributed by atoms with Gasteiger partial charge < -0.3 is 5.32 Å². The maximum atomic E-state index is 13.1. The third kappa shape index (κ3) is 2.85. The first kappa shape index (κ1) is 16.9. The molecule has 0 saturated heterocycles. The van der Waals surface area contributed by atoms with Gasteiger partial charge in [0.1, 0.15) is 0 Å². The molecule has 5 aromatic rings. The van der Waals surface area contributed by atoms with Crippen LogP contribution in [-0.2, 0) is 0 Å². The van der Waals surface area contributed by atoms with Crippen LogP contribution in [-0.4, -0.2) is 25.1 Å². The van der Waals surface area contributed by atoms with Crippen molar-refractivity contribution in [1.82, 2.24) is 19.2 Å². The van der Waals surface area contributed by atoms with Crippen molar-refractivity contribution in [2.45, 2.75) is 0 Å². The molecule has 1 N–H and O–H groups in total. The molecule has 140 valence electrons. The molecule has 2 aromatic heterocycles. The molecule has 0 saturated carbocycles. The molecule has 0 fully saturated rings. The summed E-state index contributed by atoms with van der Waals surface area (Å²) >= 11 is 0. The molecule has 0 unspecified atom stereocenters. The number of carbonyl (C=O) groups is 1. The summed E-state index contributed by atoms with van der Waals surface area (Å²) in [6.07, 6.45) is 0. The molecular formula is C22H15N5O2. The smallest absolute Gasteiger partial charge is 0.293 e. The van der Waals surface area contributed by atoms with Gasteiger partial charge in [0.2, 0.25) is 11.6 Å². The Balaban J connectivity index is 1.80. The summed E-state index contributed by atoms with van der Waals surface area (Å²) in [6.45, 7) is 0. The molecular weight excluding hydrogens is 366 g/mol. The van der Waals surface area contributed by atoms with Crippen LogP contribution in [0.25, 0.3) is 22.4 Å². The van der Waals surface area contributed by atoms with Crippen LogP contribution in [0.4, 0.5) is 5.69 Å². The maximum Gasteiger partial charge on any atom is 0.293 e. The number of carbonyl (C=O) groups excluding carboxylic acids is 1. The number of anilines is 1. The lowest BCUT2D eigenvalue weighted by molar-refractivity contribution is 0.101. The minimum atomic E-state index is -0.397. The van der Waals surface area contributed by atoms with E-state index in [1.54, 1.807) is 34.7 Å². The zero-order valence-corrected chi connectivity index (χ0v) is 15.2. The molecule has 2 heterocycles. The van der Waals surface area contributed by atoms with E-state index in [1.807, 2.05) is 54.6 Å². The fraction of sp³-hybridized carbons (Fsp3) is 0. The molecule has 0 atom stereocenters. The summed E-state index contributed by atoms with van der Waals surface area (Å²) in [4.78, 5) is 29.9. The molecule has 3 aromatic carbocycles. The number of hydrogen-bond donors (Lipinski definition) is 1. The quantitative estimate of drug-likeness (QED) is 0.520. The summed E-state index contributed by atoms with van der Waals surface area (Å²) in [7, 11) is 0. The van der Waals surface area contributed by atoms with Gasteiger partial charge in [-0.25, -0.2) is 0 Å². The monoisotopic (exact) mass is 381 g/mol. The highest BCUT2D eigenvalue weighted by Crippen LogP contribution is 2.18. The molecule has 29 heavy (non-hydrogen) atoms. The van der Waals surface area contributed by atoms with Gasteiger partial charge >= 0.3 is 0 Å². The van der Waals surface area contributed by atoms with Crippen molar-refractivity contribution in [2.24, 2.45) is 0 Å². The summed E-state index contributed by atoms with van der Waals surface area (Å²) < 4.78 is 3.12. The molecule has 7 nitrogen and oxygen atoms in total. The van der Waals surface area contributed by atoms with Crippen LogP contribution in [0.15, 0.2) is 89.7 Å². The first-order valence-electron chi connectivity index (χ1n) is 9.05. The van der Waals surface area contributed by atoms with Gasteiger partial charge in [-0.15, -0.1) is 5.10 Å². The number of nitrogens with one attached hydrogen (secondary N) is 1. The first-order valence-corrected chi connectivity index (χ1v) is 9.05. The summed E-state index contributed by atoms with van der Waals surface area (Å²) in [5, 5.41) is 7.79. The standard InChI is InChI=1S/C22H15N5O2/c28-20-17-13-7-8-14-18(17)26-19(21(29)23-15-9-3-1-4-10-15)25-27(22(26)24-20)16-11-5-2-6-12-16/h1-14H,(H,23,29). The number of rotatable bonds is 3. The van der Waals surface area contributed by atoms with E-state index < -0.39 is 5.91 Å². The Bertz CT molecular complexity index is 1410. The summed E-state index contributed by atoms with van der Waals surface area (Å²) in [5.74, 6) is 0.0148.